The second kappa shape index (κ2) is 2.98. The molecule has 1 rings (SSSR count). The predicted octanol–water partition coefficient (Wildman–Crippen LogP) is 2.22. The number of rotatable bonds is 1. The van der Waals surface area contributed by atoms with Crippen LogP contribution < -0.4 is 0 Å². The standard InChI is InChI=1S/C10H18O/c1-8-5-4-6-10(2,3)9(8)7-11/h4-5,8-9,11H,6-7H2,1-3H3/t8-,9+/m1/s1. The van der Waals surface area contributed by atoms with Crippen LogP contribution in [-0.4, -0.2) is 11.7 Å². The number of hydrogen-bond acceptors (Lipinski definition) is 1. The third kappa shape index (κ3) is 1.64. The molecule has 0 spiro atoms. The molecule has 0 amide bonds. The quantitative estimate of drug-likeness (QED) is 0.574. The van der Waals surface area contributed by atoms with Crippen LogP contribution in [0.1, 0.15) is 27.2 Å². The van der Waals surface area contributed by atoms with Crippen LogP contribution in [0.2, 0.25) is 0 Å². The highest BCUT2D eigenvalue weighted by molar-refractivity contribution is 5.02. The molecular formula is C10H18O. The Morgan fingerprint density at radius 1 is 1.55 bits per heavy atom. The van der Waals surface area contributed by atoms with Crippen LogP contribution in [0.25, 0.3) is 0 Å². The highest BCUT2D eigenvalue weighted by Gasteiger charge is 2.33. The molecule has 1 nitrogen and oxygen atoms in total. The van der Waals surface area contributed by atoms with Crippen molar-refractivity contribution in [2.75, 3.05) is 6.61 Å². The van der Waals surface area contributed by atoms with E-state index in [9.17, 15) is 0 Å². The molecule has 0 fully saturated rings. The second-order valence-corrected chi connectivity index (χ2v) is 4.27. The van der Waals surface area contributed by atoms with E-state index in [0.29, 0.717) is 18.4 Å². The van der Waals surface area contributed by atoms with Crippen molar-refractivity contribution in [3.05, 3.63) is 12.2 Å². The highest BCUT2D eigenvalue weighted by Crippen LogP contribution is 2.39. The van der Waals surface area contributed by atoms with E-state index in [4.69, 9.17) is 5.11 Å². The zero-order valence-corrected chi connectivity index (χ0v) is 7.67. The van der Waals surface area contributed by atoms with Gasteiger partial charge in [-0.05, 0) is 23.7 Å². The fraction of sp³-hybridized carbons (Fsp3) is 0.800. The Morgan fingerprint density at radius 2 is 2.18 bits per heavy atom. The molecule has 0 aromatic carbocycles. The molecule has 0 radical (unpaired) electrons. The molecule has 2 atom stereocenters. The molecule has 1 aliphatic carbocycles. The zero-order chi connectivity index (χ0) is 8.48. The summed E-state index contributed by atoms with van der Waals surface area (Å²) in [6.07, 6.45) is 5.55. The molecule has 1 N–H and O–H groups in total. The van der Waals surface area contributed by atoms with Crippen molar-refractivity contribution in [1.82, 2.24) is 0 Å². The first kappa shape index (κ1) is 8.79. The summed E-state index contributed by atoms with van der Waals surface area (Å²) >= 11 is 0. The summed E-state index contributed by atoms with van der Waals surface area (Å²) in [4.78, 5) is 0. The topological polar surface area (TPSA) is 20.2 Å². The molecule has 1 heteroatoms. The first-order valence-corrected chi connectivity index (χ1v) is 4.35. The fourth-order valence-corrected chi connectivity index (χ4v) is 2.00. The van der Waals surface area contributed by atoms with Gasteiger partial charge in [0.05, 0.1) is 0 Å². The molecule has 0 saturated heterocycles. The minimum Gasteiger partial charge on any atom is -0.396 e. The van der Waals surface area contributed by atoms with Crippen LogP contribution in [-0.2, 0) is 0 Å². The largest absolute Gasteiger partial charge is 0.396 e. The van der Waals surface area contributed by atoms with E-state index in [2.05, 4.69) is 32.9 Å². The third-order valence-corrected chi connectivity index (χ3v) is 2.92. The lowest BCUT2D eigenvalue weighted by atomic mass is 9.68. The van der Waals surface area contributed by atoms with E-state index in [1.165, 1.54) is 0 Å². The first-order chi connectivity index (χ1) is 5.08. The molecule has 0 heterocycles. The molecule has 0 unspecified atom stereocenters. The van der Waals surface area contributed by atoms with Crippen molar-refractivity contribution in [2.45, 2.75) is 27.2 Å². The minimum atomic E-state index is 0.281. The van der Waals surface area contributed by atoms with Gasteiger partial charge in [0, 0.05) is 6.61 Å². The molecular weight excluding hydrogens is 136 g/mol. The van der Waals surface area contributed by atoms with Gasteiger partial charge in [-0.3, -0.25) is 0 Å². The average molecular weight is 154 g/mol. The predicted molar refractivity (Wildman–Crippen MR) is 47.3 cm³/mol. The molecule has 0 aromatic rings. The Kier molecular flexibility index (Phi) is 2.38. The molecule has 0 saturated carbocycles. The summed E-state index contributed by atoms with van der Waals surface area (Å²) in [6, 6.07) is 0. The van der Waals surface area contributed by atoms with Crippen molar-refractivity contribution >= 4 is 0 Å². The van der Waals surface area contributed by atoms with Crippen LogP contribution in [0.4, 0.5) is 0 Å². The van der Waals surface area contributed by atoms with Gasteiger partial charge >= 0.3 is 0 Å². The number of aliphatic hydroxyl groups is 1. The summed E-state index contributed by atoms with van der Waals surface area (Å²) in [5.74, 6) is 0.969. The maximum absolute atomic E-state index is 9.16. The third-order valence-electron chi connectivity index (χ3n) is 2.92. The van der Waals surface area contributed by atoms with Gasteiger partial charge in [0.1, 0.15) is 0 Å². The molecule has 0 aromatic heterocycles. The molecule has 1 aliphatic rings. The molecule has 0 aliphatic heterocycles. The van der Waals surface area contributed by atoms with E-state index in [-0.39, 0.29) is 5.41 Å². The van der Waals surface area contributed by atoms with Gasteiger partial charge in [-0.25, -0.2) is 0 Å². The van der Waals surface area contributed by atoms with Gasteiger partial charge in [-0.2, -0.15) is 0 Å². The van der Waals surface area contributed by atoms with Crippen LogP contribution in [0.15, 0.2) is 12.2 Å². The van der Waals surface area contributed by atoms with E-state index in [0.717, 1.165) is 6.42 Å². The normalized spacial score (nSPS) is 35.6. The maximum atomic E-state index is 9.16. The van der Waals surface area contributed by atoms with Crippen molar-refractivity contribution in [1.29, 1.82) is 0 Å². The van der Waals surface area contributed by atoms with E-state index in [1.807, 2.05) is 0 Å². The molecule has 11 heavy (non-hydrogen) atoms. The van der Waals surface area contributed by atoms with Gasteiger partial charge in [-0.1, -0.05) is 32.9 Å². The fourth-order valence-electron chi connectivity index (χ4n) is 2.00. The highest BCUT2D eigenvalue weighted by atomic mass is 16.3. The number of hydrogen-bond donors (Lipinski definition) is 1. The molecule has 0 bridgehead atoms. The lowest BCUT2D eigenvalue weighted by Crippen LogP contribution is -2.33. The second-order valence-electron chi connectivity index (χ2n) is 4.27. The minimum absolute atomic E-state index is 0.281. The summed E-state index contributed by atoms with van der Waals surface area (Å²) < 4.78 is 0. The van der Waals surface area contributed by atoms with E-state index in [1.54, 1.807) is 0 Å². The van der Waals surface area contributed by atoms with Gasteiger partial charge < -0.3 is 5.11 Å². The van der Waals surface area contributed by atoms with Gasteiger partial charge in [0.2, 0.25) is 0 Å². The van der Waals surface area contributed by atoms with Crippen LogP contribution in [0.5, 0.6) is 0 Å². The summed E-state index contributed by atoms with van der Waals surface area (Å²) in [5, 5.41) is 9.16. The Balaban J connectivity index is 2.76. The zero-order valence-electron chi connectivity index (χ0n) is 7.67. The Morgan fingerprint density at radius 3 is 2.55 bits per heavy atom. The Bertz CT molecular complexity index is 158. The van der Waals surface area contributed by atoms with Crippen LogP contribution in [0.3, 0.4) is 0 Å². The average Bonchev–Trinajstić information content (AvgIpc) is 1.86. The van der Waals surface area contributed by atoms with Crippen LogP contribution >= 0.6 is 0 Å². The van der Waals surface area contributed by atoms with Gasteiger partial charge in [0.25, 0.3) is 0 Å². The lowest BCUT2D eigenvalue weighted by molar-refractivity contribution is 0.0827. The van der Waals surface area contributed by atoms with Gasteiger partial charge in [-0.15, -0.1) is 0 Å². The summed E-state index contributed by atoms with van der Waals surface area (Å²) in [5.41, 5.74) is 0.281. The van der Waals surface area contributed by atoms with Gasteiger partial charge in [0.15, 0.2) is 0 Å². The monoisotopic (exact) mass is 154 g/mol. The number of aliphatic hydroxyl groups excluding tert-OH is 1. The van der Waals surface area contributed by atoms with Crippen molar-refractivity contribution < 1.29 is 5.11 Å². The summed E-state index contributed by atoms with van der Waals surface area (Å²) in [7, 11) is 0. The van der Waals surface area contributed by atoms with Crippen molar-refractivity contribution in [2.24, 2.45) is 17.3 Å². The number of allylic oxidation sites excluding steroid dienone is 2. The van der Waals surface area contributed by atoms with E-state index < -0.39 is 0 Å². The Labute approximate surface area is 69.1 Å². The first-order valence-electron chi connectivity index (χ1n) is 4.35. The smallest absolute Gasteiger partial charge is 0.0470 e. The van der Waals surface area contributed by atoms with E-state index >= 15 is 0 Å². The van der Waals surface area contributed by atoms with Crippen molar-refractivity contribution in [3.8, 4) is 0 Å². The summed E-state index contributed by atoms with van der Waals surface area (Å²) in [6.45, 7) is 6.96. The lowest BCUT2D eigenvalue weighted by Gasteiger charge is -2.38. The maximum Gasteiger partial charge on any atom is 0.0470 e. The van der Waals surface area contributed by atoms with Crippen LogP contribution in [0, 0.1) is 17.3 Å². The van der Waals surface area contributed by atoms with Crippen molar-refractivity contribution in [3.63, 3.8) is 0 Å². The SMILES string of the molecule is C[C@@H]1C=CCC(C)(C)[C@H]1CO. The Hall–Kier alpha value is -0.300. The molecule has 64 valence electrons.